The second-order valence-electron chi connectivity index (χ2n) is 4.81. The molecule has 0 atom stereocenters. The van der Waals surface area contributed by atoms with Gasteiger partial charge < -0.3 is 15.4 Å². The highest BCUT2D eigenvalue weighted by molar-refractivity contribution is 5.93. The molecule has 1 amide bonds. The molecule has 0 spiro atoms. The van der Waals surface area contributed by atoms with Gasteiger partial charge in [0.15, 0.2) is 0 Å². The molecule has 5 heteroatoms. The van der Waals surface area contributed by atoms with Crippen molar-refractivity contribution in [2.45, 2.75) is 20.3 Å². The van der Waals surface area contributed by atoms with Crippen molar-refractivity contribution in [3.8, 4) is 0 Å². The molecule has 0 aliphatic rings. The van der Waals surface area contributed by atoms with Gasteiger partial charge >= 0.3 is 0 Å². The average molecular weight is 265 g/mol. The van der Waals surface area contributed by atoms with Crippen LogP contribution in [0.3, 0.4) is 0 Å². The maximum Gasteiger partial charge on any atom is 0.269 e. The monoisotopic (exact) mass is 265 g/mol. The first kappa shape index (κ1) is 15.4. The van der Waals surface area contributed by atoms with Crippen LogP contribution in [0.15, 0.2) is 18.3 Å². The highest BCUT2D eigenvalue weighted by Crippen LogP contribution is 2.08. The quantitative estimate of drug-likeness (QED) is 0.705. The number of aromatic nitrogens is 1. The molecule has 5 nitrogen and oxygen atoms in total. The van der Waals surface area contributed by atoms with Crippen LogP contribution in [0.5, 0.6) is 0 Å². The molecule has 0 bridgehead atoms. The lowest BCUT2D eigenvalue weighted by Gasteiger charge is -2.09. The minimum absolute atomic E-state index is 0.130. The molecule has 0 fully saturated rings. The van der Waals surface area contributed by atoms with E-state index in [1.165, 1.54) is 0 Å². The summed E-state index contributed by atoms with van der Waals surface area (Å²) >= 11 is 0. The van der Waals surface area contributed by atoms with E-state index in [4.69, 9.17) is 4.74 Å². The minimum Gasteiger partial charge on any atom is -0.385 e. The number of pyridine rings is 1. The van der Waals surface area contributed by atoms with Gasteiger partial charge in [-0.2, -0.15) is 0 Å². The van der Waals surface area contributed by atoms with E-state index in [0.717, 1.165) is 25.3 Å². The number of rotatable bonds is 8. The van der Waals surface area contributed by atoms with Crippen molar-refractivity contribution in [2.75, 3.05) is 32.1 Å². The Kier molecular flexibility index (Phi) is 6.89. The van der Waals surface area contributed by atoms with Crippen LogP contribution in [-0.4, -0.2) is 37.7 Å². The Labute approximate surface area is 114 Å². The van der Waals surface area contributed by atoms with E-state index in [-0.39, 0.29) is 5.91 Å². The van der Waals surface area contributed by atoms with Gasteiger partial charge in [-0.1, -0.05) is 13.8 Å². The molecule has 106 valence electrons. The highest BCUT2D eigenvalue weighted by atomic mass is 16.5. The topological polar surface area (TPSA) is 63.2 Å². The second-order valence-corrected chi connectivity index (χ2v) is 4.81. The molecule has 0 radical (unpaired) electrons. The van der Waals surface area contributed by atoms with E-state index in [9.17, 15) is 4.79 Å². The first-order chi connectivity index (χ1) is 9.13. The molecule has 1 aromatic rings. The Morgan fingerprint density at radius 1 is 1.47 bits per heavy atom. The van der Waals surface area contributed by atoms with Crippen LogP contribution in [0.1, 0.15) is 30.8 Å². The van der Waals surface area contributed by atoms with Gasteiger partial charge in [-0.25, -0.2) is 0 Å². The molecular formula is C14H23N3O2. The standard InChI is InChI=1S/C14H23N3O2/c1-11(2)10-17-14(18)13-9-12(5-7-16-13)15-6-4-8-19-3/h5,7,9,11H,4,6,8,10H2,1-3H3,(H,15,16)(H,17,18). The number of hydrogen-bond donors (Lipinski definition) is 2. The Morgan fingerprint density at radius 2 is 2.26 bits per heavy atom. The van der Waals surface area contributed by atoms with Gasteiger partial charge in [-0.05, 0) is 24.5 Å². The third-order valence-electron chi connectivity index (χ3n) is 2.52. The number of hydrogen-bond acceptors (Lipinski definition) is 4. The maximum absolute atomic E-state index is 11.9. The Bertz CT molecular complexity index is 394. The summed E-state index contributed by atoms with van der Waals surface area (Å²) in [5.74, 6) is 0.300. The fraction of sp³-hybridized carbons (Fsp3) is 0.571. The number of nitrogens with one attached hydrogen (secondary N) is 2. The van der Waals surface area contributed by atoms with Crippen LogP contribution in [0.4, 0.5) is 5.69 Å². The van der Waals surface area contributed by atoms with Crippen LogP contribution in [0.2, 0.25) is 0 Å². The average Bonchev–Trinajstić information content (AvgIpc) is 2.41. The van der Waals surface area contributed by atoms with Gasteiger partial charge in [0.05, 0.1) is 0 Å². The van der Waals surface area contributed by atoms with Gasteiger partial charge in [0.25, 0.3) is 5.91 Å². The Morgan fingerprint density at radius 3 is 2.95 bits per heavy atom. The zero-order chi connectivity index (χ0) is 14.1. The molecule has 1 rings (SSSR count). The number of carbonyl (C=O) groups is 1. The number of nitrogens with zero attached hydrogens (tertiary/aromatic N) is 1. The fourth-order valence-corrected chi connectivity index (χ4v) is 1.50. The molecule has 0 saturated carbocycles. The zero-order valence-corrected chi connectivity index (χ0v) is 11.9. The van der Waals surface area contributed by atoms with E-state index in [1.807, 2.05) is 6.07 Å². The third kappa shape index (κ3) is 6.20. The first-order valence-electron chi connectivity index (χ1n) is 6.60. The molecule has 0 unspecified atom stereocenters. The lowest BCUT2D eigenvalue weighted by atomic mass is 10.2. The number of amides is 1. The summed E-state index contributed by atoms with van der Waals surface area (Å²) in [5.41, 5.74) is 1.35. The molecule has 1 heterocycles. The second kappa shape index (κ2) is 8.48. The number of carbonyl (C=O) groups excluding carboxylic acids is 1. The molecular weight excluding hydrogens is 242 g/mol. The van der Waals surface area contributed by atoms with Crippen LogP contribution < -0.4 is 10.6 Å². The summed E-state index contributed by atoms with van der Waals surface area (Å²) in [6, 6.07) is 3.62. The van der Waals surface area contributed by atoms with Crippen molar-refractivity contribution in [2.24, 2.45) is 5.92 Å². The number of methoxy groups -OCH3 is 1. The van der Waals surface area contributed by atoms with Crippen LogP contribution >= 0.6 is 0 Å². The lowest BCUT2D eigenvalue weighted by Crippen LogP contribution is -2.28. The highest BCUT2D eigenvalue weighted by Gasteiger charge is 2.07. The zero-order valence-electron chi connectivity index (χ0n) is 11.9. The molecule has 2 N–H and O–H groups in total. The Hall–Kier alpha value is -1.62. The normalized spacial score (nSPS) is 10.5. The fourth-order valence-electron chi connectivity index (χ4n) is 1.50. The minimum atomic E-state index is -0.130. The molecule has 19 heavy (non-hydrogen) atoms. The summed E-state index contributed by atoms with van der Waals surface area (Å²) in [5, 5.41) is 6.09. The van der Waals surface area contributed by atoms with Crippen molar-refractivity contribution in [3.63, 3.8) is 0 Å². The smallest absolute Gasteiger partial charge is 0.269 e. The summed E-state index contributed by atoms with van der Waals surface area (Å²) in [7, 11) is 1.68. The van der Waals surface area contributed by atoms with E-state index >= 15 is 0 Å². The molecule has 0 aliphatic carbocycles. The van der Waals surface area contributed by atoms with Crippen molar-refractivity contribution in [3.05, 3.63) is 24.0 Å². The largest absolute Gasteiger partial charge is 0.385 e. The van der Waals surface area contributed by atoms with Crippen molar-refractivity contribution in [1.29, 1.82) is 0 Å². The van der Waals surface area contributed by atoms with Crippen molar-refractivity contribution < 1.29 is 9.53 Å². The van der Waals surface area contributed by atoms with Crippen molar-refractivity contribution >= 4 is 11.6 Å². The number of anilines is 1. The molecule has 0 aromatic carbocycles. The van der Waals surface area contributed by atoms with E-state index < -0.39 is 0 Å². The molecule has 1 aromatic heterocycles. The van der Waals surface area contributed by atoms with E-state index in [2.05, 4.69) is 29.5 Å². The van der Waals surface area contributed by atoms with Crippen LogP contribution in [0.25, 0.3) is 0 Å². The van der Waals surface area contributed by atoms with Gasteiger partial charge in [0, 0.05) is 38.7 Å². The molecule has 0 saturated heterocycles. The van der Waals surface area contributed by atoms with Gasteiger partial charge in [-0.3, -0.25) is 9.78 Å². The van der Waals surface area contributed by atoms with Gasteiger partial charge in [-0.15, -0.1) is 0 Å². The van der Waals surface area contributed by atoms with Gasteiger partial charge in [0.1, 0.15) is 5.69 Å². The molecule has 0 aliphatic heterocycles. The Balaban J connectivity index is 2.49. The summed E-state index contributed by atoms with van der Waals surface area (Å²) in [6.07, 6.45) is 2.57. The lowest BCUT2D eigenvalue weighted by molar-refractivity contribution is 0.0944. The summed E-state index contributed by atoms with van der Waals surface area (Å²) < 4.78 is 4.98. The first-order valence-corrected chi connectivity index (χ1v) is 6.60. The van der Waals surface area contributed by atoms with Crippen LogP contribution in [0, 0.1) is 5.92 Å². The number of ether oxygens (including phenoxy) is 1. The summed E-state index contributed by atoms with van der Waals surface area (Å²) in [4.78, 5) is 15.9. The maximum atomic E-state index is 11.9. The SMILES string of the molecule is COCCCNc1ccnc(C(=O)NCC(C)C)c1. The summed E-state index contributed by atoms with van der Waals surface area (Å²) in [6.45, 7) is 6.31. The van der Waals surface area contributed by atoms with E-state index in [1.54, 1.807) is 19.4 Å². The predicted molar refractivity (Wildman–Crippen MR) is 76.4 cm³/mol. The predicted octanol–water partition coefficient (Wildman–Crippen LogP) is 1.92. The van der Waals surface area contributed by atoms with Crippen LogP contribution in [-0.2, 0) is 4.74 Å². The van der Waals surface area contributed by atoms with E-state index in [0.29, 0.717) is 18.2 Å². The van der Waals surface area contributed by atoms with Gasteiger partial charge in [0.2, 0.25) is 0 Å². The third-order valence-corrected chi connectivity index (χ3v) is 2.52. The van der Waals surface area contributed by atoms with Crippen molar-refractivity contribution in [1.82, 2.24) is 10.3 Å².